The Morgan fingerprint density at radius 2 is 1.36 bits per heavy atom. The van der Waals surface area contributed by atoms with E-state index in [1.165, 1.54) is 44.9 Å². The summed E-state index contributed by atoms with van der Waals surface area (Å²) in [5, 5.41) is 2.84. The van der Waals surface area contributed by atoms with Gasteiger partial charge < -0.3 is 38.6 Å². The summed E-state index contributed by atoms with van der Waals surface area (Å²) < 4.78 is 33.3. The van der Waals surface area contributed by atoms with Crippen LogP contribution in [0.15, 0.2) is 12.1 Å². The van der Waals surface area contributed by atoms with Crippen LogP contribution >= 0.6 is 0 Å². The van der Waals surface area contributed by atoms with Crippen LogP contribution in [0, 0.1) is 6.92 Å². The van der Waals surface area contributed by atoms with E-state index in [-0.39, 0.29) is 18.0 Å². The normalized spacial score (nSPS) is 11.8. The highest BCUT2D eigenvalue weighted by atomic mass is 16.6. The maximum atomic E-state index is 12.4. The lowest BCUT2D eigenvalue weighted by atomic mass is 10.0. The zero-order valence-electron chi connectivity index (χ0n) is 28.3. The molecule has 0 aliphatic carbocycles. The van der Waals surface area contributed by atoms with Crippen LogP contribution in [0.3, 0.4) is 0 Å². The number of carbonyl (C=O) groups is 2. The Morgan fingerprint density at radius 3 is 1.98 bits per heavy atom. The fraction of sp³-hybridized carbons (Fsp3) is 0.765. The summed E-state index contributed by atoms with van der Waals surface area (Å²) >= 11 is 0. The summed E-state index contributed by atoms with van der Waals surface area (Å²) in [6, 6.07) is 3.76. The fourth-order valence-electron chi connectivity index (χ4n) is 4.70. The summed E-state index contributed by atoms with van der Waals surface area (Å²) in [7, 11) is 1.58. The van der Waals surface area contributed by atoms with Gasteiger partial charge in [0.2, 0.25) is 5.91 Å². The van der Waals surface area contributed by atoms with E-state index >= 15 is 0 Å². The van der Waals surface area contributed by atoms with Gasteiger partial charge in [-0.3, -0.25) is 9.59 Å². The third-order valence-electron chi connectivity index (χ3n) is 7.25. The zero-order chi connectivity index (χ0) is 33.0. The molecular formula is C34H60N2O9. The van der Waals surface area contributed by atoms with Crippen molar-refractivity contribution in [3.8, 4) is 11.5 Å². The molecule has 1 aromatic carbocycles. The first kappa shape index (κ1) is 40.6. The number of ether oxygens (including phenoxy) is 6. The number of hydrogen-bond donors (Lipinski definition) is 2. The van der Waals surface area contributed by atoms with Gasteiger partial charge >= 0.3 is 5.97 Å². The predicted octanol–water partition coefficient (Wildman–Crippen LogP) is 5.74. The van der Waals surface area contributed by atoms with Crippen LogP contribution in [0.5, 0.6) is 11.5 Å². The molecular weight excluding hydrogens is 580 g/mol. The van der Waals surface area contributed by atoms with Gasteiger partial charge in [-0.15, -0.1) is 0 Å². The van der Waals surface area contributed by atoms with Gasteiger partial charge in [-0.25, -0.2) is 5.90 Å². The average molecular weight is 641 g/mol. The fourth-order valence-corrected chi connectivity index (χ4v) is 4.70. The highest BCUT2D eigenvalue weighted by molar-refractivity contribution is 5.75. The van der Waals surface area contributed by atoms with E-state index in [1.54, 1.807) is 7.11 Å². The summed E-state index contributed by atoms with van der Waals surface area (Å²) in [6.07, 6.45) is 11.8. The minimum atomic E-state index is -0.388. The van der Waals surface area contributed by atoms with Gasteiger partial charge in [-0.1, -0.05) is 58.3 Å². The standard InChI is InChI=1S/C34H60N2O9/c1-5-6-7-8-9-10-11-12-13-16-34(38)45-29(3)30-27-31(39-4)32(26-28(30)2)43-18-14-15-33(37)36-17-19-40-20-21-41-22-23-42-24-25-44-35/h26-27,29H,5-25,35H2,1-4H3,(H,36,37). The second-order valence-electron chi connectivity index (χ2n) is 11.1. The number of esters is 1. The van der Waals surface area contributed by atoms with Crippen LogP contribution < -0.4 is 20.7 Å². The molecule has 0 heterocycles. The Labute approximate surface area is 271 Å². The molecule has 3 N–H and O–H groups in total. The second kappa shape index (κ2) is 27.8. The topological polar surface area (TPSA) is 137 Å². The quantitative estimate of drug-likeness (QED) is 0.0608. The highest BCUT2D eigenvalue weighted by Crippen LogP contribution is 2.34. The van der Waals surface area contributed by atoms with Gasteiger partial charge in [0.05, 0.1) is 60.0 Å². The molecule has 45 heavy (non-hydrogen) atoms. The van der Waals surface area contributed by atoms with Crippen LogP contribution in [0.25, 0.3) is 0 Å². The molecule has 0 aromatic heterocycles. The number of hydrogen-bond acceptors (Lipinski definition) is 10. The molecule has 0 aliphatic heterocycles. The molecule has 1 unspecified atom stereocenters. The largest absolute Gasteiger partial charge is 0.493 e. The second-order valence-corrected chi connectivity index (χ2v) is 11.1. The van der Waals surface area contributed by atoms with Crippen molar-refractivity contribution in [3.05, 3.63) is 23.3 Å². The van der Waals surface area contributed by atoms with Crippen molar-refractivity contribution >= 4 is 11.9 Å². The lowest BCUT2D eigenvalue weighted by Gasteiger charge is -2.19. The number of rotatable bonds is 30. The summed E-state index contributed by atoms with van der Waals surface area (Å²) in [4.78, 5) is 29.0. The number of methoxy groups -OCH3 is 1. The summed E-state index contributed by atoms with van der Waals surface area (Å²) in [5.41, 5.74) is 1.83. The summed E-state index contributed by atoms with van der Waals surface area (Å²) in [5.74, 6) is 5.84. The average Bonchev–Trinajstić information content (AvgIpc) is 3.02. The first-order valence-corrected chi connectivity index (χ1v) is 16.7. The van der Waals surface area contributed by atoms with Crippen molar-refractivity contribution in [2.24, 2.45) is 5.90 Å². The van der Waals surface area contributed by atoms with Crippen LogP contribution in [0.1, 0.15) is 108 Å². The molecule has 1 aromatic rings. The van der Waals surface area contributed by atoms with Gasteiger partial charge in [0.25, 0.3) is 0 Å². The van der Waals surface area contributed by atoms with E-state index < -0.39 is 0 Å². The maximum Gasteiger partial charge on any atom is 0.306 e. The highest BCUT2D eigenvalue weighted by Gasteiger charge is 2.18. The molecule has 11 nitrogen and oxygen atoms in total. The lowest BCUT2D eigenvalue weighted by Crippen LogP contribution is -2.27. The Kier molecular flexibility index (Phi) is 25.1. The van der Waals surface area contributed by atoms with E-state index in [0.29, 0.717) is 90.2 Å². The number of nitrogens with one attached hydrogen (secondary N) is 1. The van der Waals surface area contributed by atoms with Crippen molar-refractivity contribution in [2.45, 2.75) is 104 Å². The van der Waals surface area contributed by atoms with Crippen molar-refractivity contribution in [1.82, 2.24) is 5.32 Å². The molecule has 0 saturated carbocycles. The number of nitrogens with two attached hydrogens (primary N) is 1. The number of amides is 1. The number of benzene rings is 1. The number of aryl methyl sites for hydroxylation is 1. The molecule has 0 bridgehead atoms. The van der Waals surface area contributed by atoms with Gasteiger partial charge in [0, 0.05) is 19.4 Å². The van der Waals surface area contributed by atoms with E-state index in [1.807, 2.05) is 26.0 Å². The van der Waals surface area contributed by atoms with Crippen molar-refractivity contribution in [3.63, 3.8) is 0 Å². The molecule has 1 amide bonds. The van der Waals surface area contributed by atoms with E-state index in [0.717, 1.165) is 24.0 Å². The van der Waals surface area contributed by atoms with Gasteiger partial charge in [-0.2, -0.15) is 0 Å². The monoisotopic (exact) mass is 640 g/mol. The molecule has 11 heteroatoms. The molecule has 260 valence electrons. The van der Waals surface area contributed by atoms with Gasteiger partial charge in [0.15, 0.2) is 11.5 Å². The zero-order valence-corrected chi connectivity index (χ0v) is 28.3. The minimum Gasteiger partial charge on any atom is -0.493 e. The lowest BCUT2D eigenvalue weighted by molar-refractivity contribution is -0.148. The third-order valence-corrected chi connectivity index (χ3v) is 7.25. The Morgan fingerprint density at radius 1 is 0.756 bits per heavy atom. The van der Waals surface area contributed by atoms with E-state index in [9.17, 15) is 9.59 Å². The van der Waals surface area contributed by atoms with E-state index in [2.05, 4.69) is 17.1 Å². The van der Waals surface area contributed by atoms with Gasteiger partial charge in [0.1, 0.15) is 6.10 Å². The number of carbonyl (C=O) groups excluding carboxylic acids is 2. The number of unbranched alkanes of at least 4 members (excludes halogenated alkanes) is 8. The SMILES string of the molecule is CCCCCCCCCCCC(=O)OC(C)c1cc(OC)c(OCCCC(=O)NCCOCCOCCOCCON)cc1C. The van der Waals surface area contributed by atoms with E-state index in [4.69, 9.17) is 34.3 Å². The minimum absolute atomic E-state index is 0.0615. The Hall–Kier alpha value is -2.44. The van der Waals surface area contributed by atoms with Crippen molar-refractivity contribution < 1.29 is 42.8 Å². The molecule has 0 radical (unpaired) electrons. The first-order valence-electron chi connectivity index (χ1n) is 16.7. The molecule has 1 rings (SSSR count). The smallest absolute Gasteiger partial charge is 0.306 e. The predicted molar refractivity (Wildman–Crippen MR) is 174 cm³/mol. The molecule has 1 atom stereocenters. The van der Waals surface area contributed by atoms with Crippen LogP contribution in [0.4, 0.5) is 0 Å². The van der Waals surface area contributed by atoms with Crippen molar-refractivity contribution in [1.29, 1.82) is 0 Å². The van der Waals surface area contributed by atoms with Crippen LogP contribution in [-0.4, -0.2) is 78.4 Å². The molecule has 0 aliphatic rings. The summed E-state index contributed by atoms with van der Waals surface area (Å²) in [6.45, 7) is 9.89. The van der Waals surface area contributed by atoms with Gasteiger partial charge in [-0.05, 0) is 49.9 Å². The van der Waals surface area contributed by atoms with Crippen LogP contribution in [0.2, 0.25) is 0 Å². The molecule has 0 spiro atoms. The van der Waals surface area contributed by atoms with Crippen molar-refractivity contribution in [2.75, 3.05) is 66.5 Å². The first-order chi connectivity index (χ1) is 21.9. The van der Waals surface area contributed by atoms with Crippen LogP contribution in [-0.2, 0) is 33.4 Å². The Balaban J connectivity index is 2.23. The molecule has 0 fully saturated rings. The molecule has 0 saturated heterocycles. The Bertz CT molecular complexity index is 901. The third kappa shape index (κ3) is 21.1. The maximum absolute atomic E-state index is 12.4.